The highest BCUT2D eigenvalue weighted by atomic mass is 35.5. The topological polar surface area (TPSA) is 40.5 Å². The summed E-state index contributed by atoms with van der Waals surface area (Å²) in [6.07, 6.45) is 0.931. The number of aliphatic carboxylic acids is 1. The first-order valence-corrected chi connectivity index (χ1v) is 6.58. The van der Waals surface area contributed by atoms with Crippen molar-refractivity contribution in [3.8, 4) is 0 Å². The molecule has 1 N–H and O–H groups in total. The van der Waals surface area contributed by atoms with Gasteiger partial charge in [0, 0.05) is 11.6 Å². The fourth-order valence-corrected chi connectivity index (χ4v) is 2.90. The zero-order chi connectivity index (χ0) is 13.3. The number of hydrogen-bond donors (Lipinski definition) is 1. The fourth-order valence-electron chi connectivity index (χ4n) is 2.60. The molecule has 0 aromatic heterocycles. The molecule has 2 unspecified atom stereocenters. The van der Waals surface area contributed by atoms with Gasteiger partial charge in [0.25, 0.3) is 0 Å². The van der Waals surface area contributed by atoms with Gasteiger partial charge in [-0.1, -0.05) is 30.7 Å². The molecule has 0 amide bonds. The van der Waals surface area contributed by atoms with Gasteiger partial charge in [-0.05, 0) is 43.0 Å². The molecule has 4 heteroatoms. The van der Waals surface area contributed by atoms with Crippen LogP contribution in [0.5, 0.6) is 0 Å². The Labute approximate surface area is 112 Å². The standard InChI is InChI=1S/C14H18ClNO2/c1-9-3-4-11(12(15)7-9)8-16-6-5-10(2)13(16)14(17)18/h3-4,7,10,13H,5-6,8H2,1-2H3,(H,17,18). The maximum absolute atomic E-state index is 11.3. The van der Waals surface area contributed by atoms with E-state index in [9.17, 15) is 9.90 Å². The number of nitrogens with zero attached hydrogens (tertiary/aromatic N) is 1. The Morgan fingerprint density at radius 2 is 2.28 bits per heavy atom. The SMILES string of the molecule is Cc1ccc(CN2CCC(C)C2C(=O)O)c(Cl)c1. The quantitative estimate of drug-likeness (QED) is 0.915. The van der Waals surface area contributed by atoms with Gasteiger partial charge in [0.15, 0.2) is 0 Å². The van der Waals surface area contributed by atoms with Crippen LogP contribution in [0.3, 0.4) is 0 Å². The molecule has 0 spiro atoms. The summed E-state index contributed by atoms with van der Waals surface area (Å²) in [6, 6.07) is 5.53. The minimum absolute atomic E-state index is 0.201. The van der Waals surface area contributed by atoms with Gasteiger partial charge in [-0.2, -0.15) is 0 Å². The summed E-state index contributed by atoms with van der Waals surface area (Å²) >= 11 is 6.20. The molecule has 2 atom stereocenters. The highest BCUT2D eigenvalue weighted by molar-refractivity contribution is 6.31. The molecule has 0 saturated carbocycles. The van der Waals surface area contributed by atoms with E-state index in [0.29, 0.717) is 6.54 Å². The van der Waals surface area contributed by atoms with Gasteiger partial charge in [0.1, 0.15) is 6.04 Å². The molecule has 1 fully saturated rings. The highest BCUT2D eigenvalue weighted by Gasteiger charge is 2.36. The van der Waals surface area contributed by atoms with Crippen molar-refractivity contribution < 1.29 is 9.90 Å². The van der Waals surface area contributed by atoms with Crippen LogP contribution >= 0.6 is 11.6 Å². The van der Waals surface area contributed by atoms with Gasteiger partial charge in [-0.3, -0.25) is 9.69 Å². The zero-order valence-electron chi connectivity index (χ0n) is 10.7. The monoisotopic (exact) mass is 267 g/mol. The smallest absolute Gasteiger partial charge is 0.321 e. The number of likely N-dealkylation sites (tertiary alicyclic amines) is 1. The summed E-state index contributed by atoms with van der Waals surface area (Å²) in [5, 5.41) is 9.99. The van der Waals surface area contributed by atoms with Crippen LogP contribution in [0.25, 0.3) is 0 Å². The van der Waals surface area contributed by atoms with Crippen LogP contribution < -0.4 is 0 Å². The maximum atomic E-state index is 11.3. The molecule has 0 radical (unpaired) electrons. The Kier molecular flexibility index (Phi) is 3.93. The van der Waals surface area contributed by atoms with E-state index in [1.54, 1.807) is 0 Å². The molecule has 0 bridgehead atoms. The first-order valence-electron chi connectivity index (χ1n) is 6.21. The molecule has 1 aliphatic rings. The molecule has 1 heterocycles. The summed E-state index contributed by atoms with van der Waals surface area (Å²) in [5.74, 6) is -0.532. The van der Waals surface area contributed by atoms with Crippen LogP contribution in [-0.2, 0) is 11.3 Å². The van der Waals surface area contributed by atoms with E-state index in [0.717, 1.165) is 29.1 Å². The second kappa shape index (κ2) is 5.29. The van der Waals surface area contributed by atoms with Crippen LogP contribution in [0.4, 0.5) is 0 Å². The average molecular weight is 268 g/mol. The molecule has 1 aromatic rings. The Bertz CT molecular complexity index is 461. The summed E-state index contributed by atoms with van der Waals surface area (Å²) in [5.41, 5.74) is 2.12. The normalized spacial score (nSPS) is 24.4. The Hall–Kier alpha value is -1.06. The minimum atomic E-state index is -0.733. The van der Waals surface area contributed by atoms with Crippen LogP contribution in [-0.4, -0.2) is 28.6 Å². The number of hydrogen-bond acceptors (Lipinski definition) is 2. The van der Waals surface area contributed by atoms with E-state index in [1.165, 1.54) is 0 Å². The number of aryl methyl sites for hydroxylation is 1. The van der Waals surface area contributed by atoms with Crippen molar-refractivity contribution in [3.05, 3.63) is 34.3 Å². The van der Waals surface area contributed by atoms with E-state index in [-0.39, 0.29) is 12.0 Å². The van der Waals surface area contributed by atoms with E-state index in [2.05, 4.69) is 0 Å². The Morgan fingerprint density at radius 1 is 1.56 bits per heavy atom. The lowest BCUT2D eigenvalue weighted by molar-refractivity contribution is -0.143. The molecule has 0 aliphatic carbocycles. The number of carbonyl (C=O) groups is 1. The summed E-state index contributed by atoms with van der Waals surface area (Å²) in [6.45, 7) is 5.42. The minimum Gasteiger partial charge on any atom is -0.480 e. The van der Waals surface area contributed by atoms with E-state index < -0.39 is 5.97 Å². The third-order valence-electron chi connectivity index (χ3n) is 3.64. The van der Waals surface area contributed by atoms with Crippen LogP contribution in [0, 0.1) is 12.8 Å². The van der Waals surface area contributed by atoms with E-state index in [1.807, 2.05) is 36.9 Å². The molecule has 1 aromatic carbocycles. The van der Waals surface area contributed by atoms with Crippen molar-refractivity contribution in [2.45, 2.75) is 32.9 Å². The van der Waals surface area contributed by atoms with Gasteiger partial charge >= 0.3 is 5.97 Å². The molecular formula is C14H18ClNO2. The zero-order valence-corrected chi connectivity index (χ0v) is 11.4. The van der Waals surface area contributed by atoms with Crippen LogP contribution in [0.15, 0.2) is 18.2 Å². The largest absolute Gasteiger partial charge is 0.480 e. The summed E-state index contributed by atoms with van der Waals surface area (Å²) < 4.78 is 0. The lowest BCUT2D eigenvalue weighted by atomic mass is 10.0. The highest BCUT2D eigenvalue weighted by Crippen LogP contribution is 2.28. The molecule has 1 saturated heterocycles. The number of carboxylic acid groups (broad SMARTS) is 1. The van der Waals surface area contributed by atoms with Crippen LogP contribution in [0.1, 0.15) is 24.5 Å². The maximum Gasteiger partial charge on any atom is 0.321 e. The van der Waals surface area contributed by atoms with E-state index >= 15 is 0 Å². The van der Waals surface area contributed by atoms with Gasteiger partial charge in [-0.25, -0.2) is 0 Å². The van der Waals surface area contributed by atoms with E-state index in [4.69, 9.17) is 11.6 Å². The third kappa shape index (κ3) is 2.68. The van der Waals surface area contributed by atoms with Crippen molar-refractivity contribution in [3.63, 3.8) is 0 Å². The van der Waals surface area contributed by atoms with Crippen molar-refractivity contribution in [2.75, 3.05) is 6.54 Å². The predicted molar refractivity (Wildman–Crippen MR) is 71.8 cm³/mol. The second-order valence-corrected chi connectivity index (χ2v) is 5.52. The predicted octanol–water partition coefficient (Wildman–Crippen LogP) is 2.94. The van der Waals surface area contributed by atoms with Gasteiger partial charge < -0.3 is 5.11 Å². The van der Waals surface area contributed by atoms with Gasteiger partial charge in [-0.15, -0.1) is 0 Å². The summed E-state index contributed by atoms with van der Waals surface area (Å²) in [4.78, 5) is 13.3. The lowest BCUT2D eigenvalue weighted by Gasteiger charge is -2.23. The van der Waals surface area contributed by atoms with Crippen molar-refractivity contribution in [1.82, 2.24) is 4.90 Å². The molecule has 3 nitrogen and oxygen atoms in total. The number of rotatable bonds is 3. The molecule has 1 aliphatic heterocycles. The lowest BCUT2D eigenvalue weighted by Crippen LogP contribution is -2.38. The Balaban J connectivity index is 2.16. The van der Waals surface area contributed by atoms with Gasteiger partial charge in [0.05, 0.1) is 0 Å². The van der Waals surface area contributed by atoms with Crippen LogP contribution in [0.2, 0.25) is 5.02 Å². The van der Waals surface area contributed by atoms with Gasteiger partial charge in [0.2, 0.25) is 0 Å². The summed E-state index contributed by atoms with van der Waals surface area (Å²) in [7, 11) is 0. The van der Waals surface area contributed by atoms with Crippen molar-refractivity contribution in [1.29, 1.82) is 0 Å². The fraction of sp³-hybridized carbons (Fsp3) is 0.500. The first-order chi connectivity index (χ1) is 8.49. The number of carboxylic acids is 1. The molecule has 18 heavy (non-hydrogen) atoms. The molecule has 98 valence electrons. The average Bonchev–Trinajstić information content (AvgIpc) is 2.64. The van der Waals surface area contributed by atoms with Crippen molar-refractivity contribution in [2.24, 2.45) is 5.92 Å². The second-order valence-electron chi connectivity index (χ2n) is 5.11. The Morgan fingerprint density at radius 3 is 2.89 bits per heavy atom. The number of benzene rings is 1. The first kappa shape index (κ1) is 13.4. The third-order valence-corrected chi connectivity index (χ3v) is 3.99. The molecule has 2 rings (SSSR count). The number of halogens is 1. The van der Waals surface area contributed by atoms with Crippen molar-refractivity contribution >= 4 is 17.6 Å². The molecular weight excluding hydrogens is 250 g/mol.